The predicted molar refractivity (Wildman–Crippen MR) is 192 cm³/mol. The summed E-state index contributed by atoms with van der Waals surface area (Å²) in [6.45, 7) is 7.11. The van der Waals surface area contributed by atoms with Crippen LogP contribution < -0.4 is 15.4 Å². The maximum Gasteiger partial charge on any atom is 0.410 e. The van der Waals surface area contributed by atoms with E-state index in [4.69, 9.17) is 4.74 Å². The maximum absolute atomic E-state index is 14.5. The molecule has 1 aromatic carbocycles. The van der Waals surface area contributed by atoms with Crippen molar-refractivity contribution in [2.45, 2.75) is 133 Å². The van der Waals surface area contributed by atoms with Gasteiger partial charge in [-0.15, -0.1) is 0 Å². The van der Waals surface area contributed by atoms with E-state index < -0.39 is 85.6 Å². The summed E-state index contributed by atoms with van der Waals surface area (Å²) in [6.07, 6.45) is 6.03. The lowest BCUT2D eigenvalue weighted by atomic mass is 10.0. The molecule has 16 heteroatoms. The van der Waals surface area contributed by atoms with Crippen LogP contribution >= 0.6 is 0 Å². The Hall–Kier alpha value is -4.21. The summed E-state index contributed by atoms with van der Waals surface area (Å²) in [7, 11) is -2.39. The molecule has 3 heterocycles. The molecule has 2 aliphatic carbocycles. The Morgan fingerprint density at radius 1 is 1.09 bits per heavy atom. The number of carbonyl (C=O) groups is 5. The van der Waals surface area contributed by atoms with Gasteiger partial charge in [-0.3, -0.25) is 24.0 Å². The minimum atomic E-state index is -4.02. The summed E-state index contributed by atoms with van der Waals surface area (Å²) in [5, 5.41) is 5.68. The quantitative estimate of drug-likeness (QED) is 0.383. The number of urea groups is 1. The van der Waals surface area contributed by atoms with E-state index in [1.54, 1.807) is 26.1 Å². The summed E-state index contributed by atoms with van der Waals surface area (Å²) >= 11 is 0. The number of allylic oxidation sites excluding steroid dienone is 1. The largest absolute Gasteiger partial charge is 0.444 e. The van der Waals surface area contributed by atoms with Crippen molar-refractivity contribution in [2.24, 2.45) is 5.92 Å². The van der Waals surface area contributed by atoms with Crippen LogP contribution in [0.2, 0.25) is 0 Å². The SMILES string of the molecule is CN(C(=O)N[C@H]1CCCCC/C=C\[C@H]2C[C@@]2(C(=O)NS(=O)(=O)C2(C)CC2)NC(=O)[C@@H]2C[C@@H](OC(=O)N3Cc4cccc(F)c4C3)CN2C1=O)C(C)(C)C. The van der Waals surface area contributed by atoms with Crippen molar-refractivity contribution in [3.05, 3.63) is 47.3 Å². The van der Waals surface area contributed by atoms with Crippen LogP contribution in [0.15, 0.2) is 30.4 Å². The van der Waals surface area contributed by atoms with Crippen LogP contribution in [0.3, 0.4) is 0 Å². The molecule has 3 N–H and O–H groups in total. The van der Waals surface area contributed by atoms with Crippen LogP contribution in [0.5, 0.6) is 0 Å². The second-order valence-electron chi connectivity index (χ2n) is 16.4. The Bertz CT molecular complexity index is 1810. The highest BCUT2D eigenvalue weighted by atomic mass is 32.2. The average Bonchev–Trinajstić information content (AvgIpc) is 3.88. The van der Waals surface area contributed by atoms with Crippen LogP contribution in [0, 0.1) is 11.7 Å². The molecule has 1 aromatic rings. The third-order valence-electron chi connectivity index (χ3n) is 11.5. The summed E-state index contributed by atoms with van der Waals surface area (Å²) in [4.78, 5) is 73.4. The lowest BCUT2D eigenvalue weighted by Crippen LogP contribution is -2.59. The van der Waals surface area contributed by atoms with Crippen molar-refractivity contribution in [3.8, 4) is 0 Å². The van der Waals surface area contributed by atoms with E-state index in [1.165, 1.54) is 20.8 Å². The molecule has 0 spiro atoms. The molecule has 6 amide bonds. The summed E-state index contributed by atoms with van der Waals surface area (Å²) in [5.41, 5.74) is -1.06. The van der Waals surface area contributed by atoms with Gasteiger partial charge in [-0.1, -0.05) is 37.1 Å². The molecular formula is C37H51FN6O8S. The van der Waals surface area contributed by atoms with E-state index in [-0.39, 0.29) is 32.5 Å². The van der Waals surface area contributed by atoms with E-state index in [9.17, 15) is 36.8 Å². The molecule has 5 atom stereocenters. The molecule has 14 nitrogen and oxygen atoms in total. The Labute approximate surface area is 310 Å². The van der Waals surface area contributed by atoms with Crippen molar-refractivity contribution < 1.29 is 41.5 Å². The number of hydrogen-bond donors (Lipinski definition) is 3. The van der Waals surface area contributed by atoms with Crippen molar-refractivity contribution in [2.75, 3.05) is 13.6 Å². The molecule has 0 radical (unpaired) electrons. The number of halogens is 1. The van der Waals surface area contributed by atoms with Crippen LogP contribution in [0.1, 0.15) is 96.6 Å². The molecule has 3 fully saturated rings. The van der Waals surface area contributed by atoms with Crippen LogP contribution in [-0.4, -0.2) is 101 Å². The van der Waals surface area contributed by atoms with Gasteiger partial charge in [0.2, 0.25) is 21.8 Å². The number of fused-ring (bicyclic) bond motifs is 3. The number of benzene rings is 1. The van der Waals surface area contributed by atoms with E-state index in [0.717, 1.165) is 12.8 Å². The first-order valence-electron chi connectivity index (χ1n) is 18.5. The maximum atomic E-state index is 14.5. The highest BCUT2D eigenvalue weighted by molar-refractivity contribution is 7.91. The lowest BCUT2D eigenvalue weighted by molar-refractivity contribution is -0.141. The van der Waals surface area contributed by atoms with Crippen LogP contribution in [-0.2, 0) is 42.2 Å². The molecule has 290 valence electrons. The first-order chi connectivity index (χ1) is 24.8. The average molecular weight is 759 g/mol. The molecule has 0 unspecified atom stereocenters. The third kappa shape index (κ3) is 7.88. The van der Waals surface area contributed by atoms with Gasteiger partial charge in [0.15, 0.2) is 0 Å². The fourth-order valence-electron chi connectivity index (χ4n) is 7.22. The molecule has 0 bridgehead atoms. The second kappa shape index (κ2) is 14.2. The number of hydrogen-bond acceptors (Lipinski definition) is 8. The summed E-state index contributed by atoms with van der Waals surface area (Å²) in [6, 6.07) is 1.93. The molecule has 3 aliphatic heterocycles. The fourth-order valence-corrected chi connectivity index (χ4v) is 8.54. The van der Waals surface area contributed by atoms with Crippen molar-refractivity contribution in [3.63, 3.8) is 0 Å². The van der Waals surface area contributed by atoms with Gasteiger partial charge >= 0.3 is 12.1 Å². The number of carbonyl (C=O) groups excluding carboxylic acids is 5. The Morgan fingerprint density at radius 2 is 1.83 bits per heavy atom. The Balaban J connectivity index is 1.27. The fraction of sp³-hybridized carbons (Fsp3) is 0.649. The van der Waals surface area contributed by atoms with Gasteiger partial charge in [0.05, 0.1) is 17.8 Å². The van der Waals surface area contributed by atoms with Gasteiger partial charge in [-0.25, -0.2) is 22.4 Å². The number of rotatable bonds is 5. The third-order valence-corrected chi connectivity index (χ3v) is 13.7. The summed E-state index contributed by atoms with van der Waals surface area (Å²) < 4.78 is 47.6. The molecule has 0 aromatic heterocycles. The molecule has 5 aliphatic rings. The smallest absolute Gasteiger partial charge is 0.410 e. The second-order valence-corrected chi connectivity index (χ2v) is 18.6. The number of nitrogens with one attached hydrogen (secondary N) is 3. The number of sulfonamides is 1. The lowest BCUT2D eigenvalue weighted by Gasteiger charge is -2.35. The normalized spacial score (nSPS) is 28.9. The highest BCUT2D eigenvalue weighted by Crippen LogP contribution is 2.47. The van der Waals surface area contributed by atoms with Crippen molar-refractivity contribution >= 4 is 39.9 Å². The molecular weight excluding hydrogens is 708 g/mol. The highest BCUT2D eigenvalue weighted by Gasteiger charge is 2.63. The van der Waals surface area contributed by atoms with Gasteiger partial charge in [0.1, 0.15) is 29.5 Å². The zero-order valence-electron chi connectivity index (χ0n) is 31.1. The standard InChI is InChI=1S/C37H51FN6O8S/c1-35(2,3)42(5)33(48)39-28-15-10-8-6-7-9-13-24-19-37(24,32(47)41-53(50,51)36(4)16-17-36)40-30(45)29-18-25(21-44(29)31(28)46)52-34(49)43-20-23-12-11-14-27(38)26(23)22-43/h9,11-14,24-25,28-29H,6-8,10,15-22H2,1-5H3,(H,39,48)(H,40,45)(H,41,47)/b13-9-/t24-,25+,28-,29-,37+/m0/s1. The zero-order valence-corrected chi connectivity index (χ0v) is 31.9. The van der Waals surface area contributed by atoms with Gasteiger partial charge < -0.3 is 25.2 Å². The van der Waals surface area contributed by atoms with Crippen LogP contribution in [0.4, 0.5) is 14.0 Å². The van der Waals surface area contributed by atoms with E-state index in [1.807, 2.05) is 32.9 Å². The van der Waals surface area contributed by atoms with Gasteiger partial charge in [0, 0.05) is 37.0 Å². The molecule has 53 heavy (non-hydrogen) atoms. The number of nitrogens with zero attached hydrogens (tertiary/aromatic N) is 3. The van der Waals surface area contributed by atoms with E-state index in [2.05, 4.69) is 15.4 Å². The topological polar surface area (TPSA) is 175 Å². The Kier molecular flexibility index (Phi) is 10.3. The van der Waals surface area contributed by atoms with Crippen LogP contribution in [0.25, 0.3) is 0 Å². The molecule has 2 saturated carbocycles. The molecule has 1 saturated heterocycles. The number of ether oxygens (including phenoxy) is 1. The monoisotopic (exact) mass is 758 g/mol. The van der Waals surface area contributed by atoms with E-state index in [0.29, 0.717) is 43.2 Å². The van der Waals surface area contributed by atoms with Gasteiger partial charge in [-0.05, 0) is 77.8 Å². The van der Waals surface area contributed by atoms with Crippen molar-refractivity contribution in [1.82, 2.24) is 30.1 Å². The first-order valence-corrected chi connectivity index (χ1v) is 20.0. The minimum absolute atomic E-state index is 0.00398. The zero-order chi connectivity index (χ0) is 38.5. The first kappa shape index (κ1) is 38.5. The van der Waals surface area contributed by atoms with Gasteiger partial charge in [-0.2, -0.15) is 0 Å². The van der Waals surface area contributed by atoms with E-state index >= 15 is 0 Å². The Morgan fingerprint density at radius 3 is 2.51 bits per heavy atom. The number of amides is 6. The van der Waals surface area contributed by atoms with Gasteiger partial charge in [0.25, 0.3) is 5.91 Å². The summed E-state index contributed by atoms with van der Waals surface area (Å²) in [5.74, 6) is -3.00. The minimum Gasteiger partial charge on any atom is -0.444 e. The molecule has 6 rings (SSSR count). The predicted octanol–water partition coefficient (Wildman–Crippen LogP) is 3.45. The van der Waals surface area contributed by atoms with Crippen molar-refractivity contribution in [1.29, 1.82) is 0 Å².